The summed E-state index contributed by atoms with van der Waals surface area (Å²) in [5.41, 5.74) is 1.19. The maximum Gasteiger partial charge on any atom is 0.240 e. The summed E-state index contributed by atoms with van der Waals surface area (Å²) < 4.78 is 0. The first kappa shape index (κ1) is 15.9. The molecule has 0 spiro atoms. The highest BCUT2D eigenvalue weighted by Gasteiger charge is 2.30. The van der Waals surface area contributed by atoms with Gasteiger partial charge in [-0.25, -0.2) is 4.98 Å². The molecule has 0 aliphatic heterocycles. The third-order valence-corrected chi connectivity index (χ3v) is 5.43. The number of fused-ring (bicyclic) bond motifs is 1. The predicted octanol–water partition coefficient (Wildman–Crippen LogP) is 2.20. The number of carbonyl (C=O) groups excluding carboxylic acids is 1. The zero-order chi connectivity index (χ0) is 15.4. The maximum absolute atomic E-state index is 12.3. The number of aliphatic hydroxyl groups is 1. The van der Waals surface area contributed by atoms with Gasteiger partial charge < -0.3 is 10.4 Å². The molecule has 1 saturated carbocycles. The van der Waals surface area contributed by atoms with E-state index in [1.807, 2.05) is 0 Å². The van der Waals surface area contributed by atoms with Gasteiger partial charge in [-0.15, -0.1) is 11.3 Å². The lowest BCUT2D eigenvalue weighted by Crippen LogP contribution is -2.35. The van der Waals surface area contributed by atoms with Crippen molar-refractivity contribution in [1.29, 1.82) is 0 Å². The first-order valence-corrected chi connectivity index (χ1v) is 9.21. The van der Waals surface area contributed by atoms with Crippen molar-refractivity contribution in [3.05, 3.63) is 10.6 Å². The van der Waals surface area contributed by atoms with Crippen LogP contribution in [0.2, 0.25) is 0 Å². The van der Waals surface area contributed by atoms with Crippen molar-refractivity contribution in [1.82, 2.24) is 9.88 Å². The number of amides is 1. The van der Waals surface area contributed by atoms with Gasteiger partial charge in [0.25, 0.3) is 0 Å². The van der Waals surface area contributed by atoms with Gasteiger partial charge in [0.1, 0.15) is 0 Å². The number of aromatic nitrogens is 1. The summed E-state index contributed by atoms with van der Waals surface area (Å²) in [7, 11) is 0. The van der Waals surface area contributed by atoms with E-state index in [2.05, 4.69) is 15.2 Å². The second-order valence-corrected chi connectivity index (χ2v) is 7.36. The fourth-order valence-electron chi connectivity index (χ4n) is 3.01. The van der Waals surface area contributed by atoms with Crippen LogP contribution in [0.4, 0.5) is 5.13 Å². The molecule has 2 aliphatic rings. The second kappa shape index (κ2) is 7.53. The summed E-state index contributed by atoms with van der Waals surface area (Å²) in [6.45, 7) is 1.57. The Morgan fingerprint density at radius 2 is 2.14 bits per heavy atom. The average Bonchev–Trinajstić information content (AvgIpc) is 3.26. The minimum atomic E-state index is 0.0435. The fourth-order valence-corrected chi connectivity index (χ4v) is 4.07. The SMILES string of the molecule is O=C(CN(CCCCO)C1CC1)Nc1nc2c(s1)CCCC2. The van der Waals surface area contributed by atoms with Crippen LogP contribution in [-0.4, -0.2) is 46.6 Å². The lowest BCUT2D eigenvalue weighted by atomic mass is 10.0. The summed E-state index contributed by atoms with van der Waals surface area (Å²) in [5.74, 6) is 0.0435. The molecule has 0 radical (unpaired) electrons. The third-order valence-electron chi connectivity index (χ3n) is 4.36. The molecule has 2 N–H and O–H groups in total. The minimum Gasteiger partial charge on any atom is -0.396 e. The van der Waals surface area contributed by atoms with Crippen molar-refractivity contribution < 1.29 is 9.90 Å². The quantitative estimate of drug-likeness (QED) is 0.720. The molecule has 0 saturated heterocycles. The number of rotatable bonds is 8. The normalized spacial score (nSPS) is 17.5. The number of carbonyl (C=O) groups is 1. The molecule has 1 heterocycles. The number of unbranched alkanes of at least 4 members (excludes halogenated alkanes) is 1. The van der Waals surface area contributed by atoms with Crippen LogP contribution in [-0.2, 0) is 17.6 Å². The molecule has 1 amide bonds. The zero-order valence-corrected chi connectivity index (χ0v) is 13.8. The van der Waals surface area contributed by atoms with E-state index in [9.17, 15) is 4.79 Å². The average molecular weight is 323 g/mol. The number of nitrogens with one attached hydrogen (secondary N) is 1. The first-order valence-electron chi connectivity index (χ1n) is 8.39. The smallest absolute Gasteiger partial charge is 0.240 e. The Hall–Kier alpha value is -0.980. The van der Waals surface area contributed by atoms with Gasteiger partial charge in [0.2, 0.25) is 5.91 Å². The predicted molar refractivity (Wildman–Crippen MR) is 88.3 cm³/mol. The Morgan fingerprint density at radius 1 is 1.32 bits per heavy atom. The molecule has 0 bridgehead atoms. The Bertz CT molecular complexity index is 490. The molecule has 0 unspecified atom stereocenters. The second-order valence-electron chi connectivity index (χ2n) is 6.28. The van der Waals surface area contributed by atoms with Crippen molar-refractivity contribution in [2.75, 3.05) is 25.0 Å². The van der Waals surface area contributed by atoms with Gasteiger partial charge in [-0.3, -0.25) is 9.69 Å². The maximum atomic E-state index is 12.3. The van der Waals surface area contributed by atoms with Gasteiger partial charge in [-0.2, -0.15) is 0 Å². The number of hydrogen-bond donors (Lipinski definition) is 2. The topological polar surface area (TPSA) is 65.5 Å². The highest BCUT2D eigenvalue weighted by atomic mass is 32.1. The van der Waals surface area contributed by atoms with Crippen molar-refractivity contribution in [3.8, 4) is 0 Å². The Labute approximate surface area is 135 Å². The number of aryl methyl sites for hydroxylation is 2. The molecule has 3 rings (SSSR count). The first-order chi connectivity index (χ1) is 10.8. The summed E-state index contributed by atoms with van der Waals surface area (Å²) in [6, 6.07) is 0.564. The van der Waals surface area contributed by atoms with E-state index in [1.165, 1.54) is 36.3 Å². The van der Waals surface area contributed by atoms with E-state index in [0.29, 0.717) is 12.6 Å². The lowest BCUT2D eigenvalue weighted by Gasteiger charge is -2.20. The standard InChI is InChI=1S/C16H25N3O2S/c20-10-4-3-9-19(12-7-8-12)11-15(21)18-16-17-13-5-1-2-6-14(13)22-16/h12,20H,1-11H2,(H,17,18,21). The molecule has 6 heteroatoms. The van der Waals surface area contributed by atoms with E-state index in [4.69, 9.17) is 5.11 Å². The van der Waals surface area contributed by atoms with E-state index in [0.717, 1.165) is 37.4 Å². The van der Waals surface area contributed by atoms with Gasteiger partial charge in [0, 0.05) is 17.5 Å². The van der Waals surface area contributed by atoms with Crippen molar-refractivity contribution in [2.24, 2.45) is 0 Å². The van der Waals surface area contributed by atoms with Crippen LogP contribution in [0.5, 0.6) is 0 Å². The van der Waals surface area contributed by atoms with E-state index in [-0.39, 0.29) is 12.5 Å². The van der Waals surface area contributed by atoms with Crippen molar-refractivity contribution in [3.63, 3.8) is 0 Å². The molecule has 22 heavy (non-hydrogen) atoms. The lowest BCUT2D eigenvalue weighted by molar-refractivity contribution is -0.117. The van der Waals surface area contributed by atoms with Gasteiger partial charge in [0.15, 0.2) is 5.13 Å². The molecular formula is C16H25N3O2S. The summed E-state index contributed by atoms with van der Waals surface area (Å²) >= 11 is 1.64. The molecule has 122 valence electrons. The molecule has 0 aromatic carbocycles. The van der Waals surface area contributed by atoms with Gasteiger partial charge >= 0.3 is 0 Å². The Balaban J connectivity index is 1.51. The number of thiazole rings is 1. The molecule has 1 aromatic rings. The molecular weight excluding hydrogens is 298 g/mol. The Kier molecular flexibility index (Phi) is 5.44. The minimum absolute atomic E-state index is 0.0435. The monoisotopic (exact) mass is 323 g/mol. The van der Waals surface area contributed by atoms with Crippen LogP contribution < -0.4 is 5.32 Å². The van der Waals surface area contributed by atoms with Crippen LogP contribution >= 0.6 is 11.3 Å². The number of anilines is 1. The molecule has 0 atom stereocenters. The van der Waals surface area contributed by atoms with Gasteiger partial charge in [-0.1, -0.05) is 0 Å². The molecule has 5 nitrogen and oxygen atoms in total. The number of hydrogen-bond acceptors (Lipinski definition) is 5. The highest BCUT2D eigenvalue weighted by molar-refractivity contribution is 7.15. The van der Waals surface area contributed by atoms with Crippen molar-refractivity contribution >= 4 is 22.4 Å². The van der Waals surface area contributed by atoms with Crippen molar-refractivity contribution in [2.45, 2.75) is 57.4 Å². The Morgan fingerprint density at radius 3 is 2.86 bits per heavy atom. The van der Waals surface area contributed by atoms with Gasteiger partial charge in [0.05, 0.1) is 12.2 Å². The van der Waals surface area contributed by atoms with Crippen LogP contribution in [0.15, 0.2) is 0 Å². The van der Waals surface area contributed by atoms with Crippen LogP contribution in [0.3, 0.4) is 0 Å². The zero-order valence-electron chi connectivity index (χ0n) is 13.0. The van der Waals surface area contributed by atoms with Crippen LogP contribution in [0, 0.1) is 0 Å². The largest absolute Gasteiger partial charge is 0.396 e. The molecule has 1 aromatic heterocycles. The third kappa shape index (κ3) is 4.27. The summed E-state index contributed by atoms with van der Waals surface area (Å²) in [5, 5.41) is 12.6. The van der Waals surface area contributed by atoms with Crippen LogP contribution in [0.1, 0.15) is 49.1 Å². The van der Waals surface area contributed by atoms with Crippen LogP contribution in [0.25, 0.3) is 0 Å². The van der Waals surface area contributed by atoms with Gasteiger partial charge in [-0.05, 0) is 57.9 Å². The van der Waals surface area contributed by atoms with E-state index < -0.39 is 0 Å². The highest BCUT2D eigenvalue weighted by Crippen LogP contribution is 2.30. The molecule has 2 aliphatic carbocycles. The number of aliphatic hydroxyl groups excluding tert-OH is 1. The molecule has 1 fully saturated rings. The van der Waals surface area contributed by atoms with E-state index >= 15 is 0 Å². The fraction of sp³-hybridized carbons (Fsp3) is 0.750. The summed E-state index contributed by atoms with van der Waals surface area (Å²) in [4.78, 5) is 20.4. The van der Waals surface area contributed by atoms with E-state index in [1.54, 1.807) is 11.3 Å². The summed E-state index contributed by atoms with van der Waals surface area (Å²) in [6.07, 6.45) is 8.76. The number of nitrogens with zero attached hydrogens (tertiary/aromatic N) is 2.